The second-order valence-corrected chi connectivity index (χ2v) is 5.99. The van der Waals surface area contributed by atoms with Crippen molar-refractivity contribution in [2.45, 2.75) is 38.5 Å². The van der Waals surface area contributed by atoms with Gasteiger partial charge in [0.1, 0.15) is 30.8 Å². The molecule has 0 radical (unpaired) electrons. The van der Waals surface area contributed by atoms with Gasteiger partial charge in [-0.15, -0.1) is 9.60 Å². The third-order valence-electron chi connectivity index (χ3n) is 3.57. The van der Waals surface area contributed by atoms with Gasteiger partial charge in [0, 0.05) is 0 Å². The largest absolute Gasteiger partial charge is 0.536 e. The average Bonchev–Trinajstić information content (AvgIpc) is 2.03. The molecule has 3 aliphatic rings. The van der Waals surface area contributed by atoms with E-state index in [0.29, 0.717) is 16.7 Å². The average molecular weight is 227 g/mol. The Morgan fingerprint density at radius 1 is 1.31 bits per heavy atom. The minimum Gasteiger partial charge on any atom is -0.413 e. The van der Waals surface area contributed by atoms with Gasteiger partial charge in [0.15, 0.2) is 0 Å². The van der Waals surface area contributed by atoms with Crippen LogP contribution < -0.4 is 0 Å². The van der Waals surface area contributed by atoms with Crippen LogP contribution >= 0.6 is 0 Å². The van der Waals surface area contributed by atoms with Crippen LogP contribution in [0.5, 0.6) is 0 Å². The zero-order chi connectivity index (χ0) is 11.6. The molecule has 3 fully saturated rings. The van der Waals surface area contributed by atoms with E-state index in [0.717, 1.165) is 26.3 Å². The molecule has 5 heteroatoms. The molecular weight excluding hydrogens is 208 g/mol. The number of hydrogen-bond donors (Lipinski definition) is 0. The predicted octanol–water partition coefficient (Wildman–Crippen LogP) is 0.750. The Morgan fingerprint density at radius 3 is 2.38 bits per heavy atom. The molecule has 16 heavy (non-hydrogen) atoms. The Labute approximate surface area is 95.5 Å². The first-order chi connectivity index (χ1) is 7.42. The van der Waals surface area contributed by atoms with Crippen molar-refractivity contribution in [2.75, 3.05) is 26.3 Å². The molecular formula is C11H19N2O3+. The van der Waals surface area contributed by atoms with E-state index in [-0.39, 0.29) is 6.09 Å². The van der Waals surface area contributed by atoms with E-state index >= 15 is 0 Å². The van der Waals surface area contributed by atoms with E-state index in [1.54, 1.807) is 0 Å². The van der Waals surface area contributed by atoms with Crippen LogP contribution in [0.2, 0.25) is 0 Å². The normalized spacial score (nSPS) is 41.7. The fourth-order valence-corrected chi connectivity index (χ4v) is 3.05. The van der Waals surface area contributed by atoms with Crippen molar-refractivity contribution in [3.8, 4) is 0 Å². The molecule has 90 valence electrons. The summed E-state index contributed by atoms with van der Waals surface area (Å²) in [5.41, 5.74) is -0.396. The van der Waals surface area contributed by atoms with Crippen LogP contribution in [0.3, 0.4) is 0 Å². The topological polar surface area (TPSA) is 38.8 Å². The highest BCUT2D eigenvalue weighted by atomic mass is 16.6. The van der Waals surface area contributed by atoms with Crippen molar-refractivity contribution in [1.29, 1.82) is 0 Å². The maximum Gasteiger partial charge on any atom is 0.536 e. The lowest BCUT2D eigenvalue weighted by Gasteiger charge is -2.67. The predicted molar refractivity (Wildman–Crippen MR) is 56.5 cm³/mol. The Balaban J connectivity index is 1.71. The molecule has 5 nitrogen and oxygen atoms in total. The Bertz CT molecular complexity index is 323. The molecule has 3 saturated heterocycles. The summed E-state index contributed by atoms with van der Waals surface area (Å²) in [5, 5.41) is 2.25. The van der Waals surface area contributed by atoms with Crippen molar-refractivity contribution in [1.82, 2.24) is 5.01 Å². The number of ether oxygens (including phenoxy) is 2. The number of morpholine rings is 1. The molecule has 0 saturated carbocycles. The molecule has 0 bridgehead atoms. The standard InChI is InChI=1S/C11H19N2O3/c1-11(2,3)16-10(14)13-4-8-6-15-7-9(5-13)12(8)13/h8-9H,4-7H2,1-3H3/q+1/t8-,9+,13?. The van der Waals surface area contributed by atoms with Gasteiger partial charge in [0.25, 0.3) is 0 Å². The van der Waals surface area contributed by atoms with Gasteiger partial charge < -0.3 is 9.47 Å². The summed E-state index contributed by atoms with van der Waals surface area (Å²) in [5.74, 6) is 0. The molecule has 0 N–H and O–H groups in total. The number of piperazine rings is 1. The lowest BCUT2D eigenvalue weighted by atomic mass is 9.96. The fraction of sp³-hybridized carbons (Fsp3) is 0.909. The molecule has 1 unspecified atom stereocenters. The lowest BCUT2D eigenvalue weighted by Crippen LogP contribution is -2.94. The number of rotatable bonds is 0. The highest BCUT2D eigenvalue weighted by Gasteiger charge is 2.72. The molecule has 0 aliphatic carbocycles. The fourth-order valence-electron chi connectivity index (χ4n) is 3.05. The van der Waals surface area contributed by atoms with E-state index in [4.69, 9.17) is 9.47 Å². The van der Waals surface area contributed by atoms with Crippen molar-refractivity contribution in [3.63, 3.8) is 0 Å². The third-order valence-corrected chi connectivity index (χ3v) is 3.57. The quantitative estimate of drug-likeness (QED) is 0.572. The van der Waals surface area contributed by atoms with Crippen molar-refractivity contribution >= 4 is 6.09 Å². The van der Waals surface area contributed by atoms with Crippen molar-refractivity contribution in [3.05, 3.63) is 0 Å². The van der Waals surface area contributed by atoms with Gasteiger partial charge in [-0.05, 0) is 20.8 Å². The summed E-state index contributed by atoms with van der Waals surface area (Å²) >= 11 is 0. The maximum absolute atomic E-state index is 12.1. The molecule has 1 amide bonds. The first-order valence-electron chi connectivity index (χ1n) is 5.90. The molecule has 0 aromatic heterocycles. The van der Waals surface area contributed by atoms with Crippen LogP contribution in [-0.4, -0.2) is 59.7 Å². The van der Waals surface area contributed by atoms with E-state index in [9.17, 15) is 4.79 Å². The zero-order valence-corrected chi connectivity index (χ0v) is 10.1. The molecule has 3 heterocycles. The second kappa shape index (κ2) is 2.97. The summed E-state index contributed by atoms with van der Waals surface area (Å²) in [6, 6.07) is 0.861. The van der Waals surface area contributed by atoms with Crippen LogP contribution in [0.25, 0.3) is 0 Å². The van der Waals surface area contributed by atoms with Gasteiger partial charge in [-0.1, -0.05) is 0 Å². The van der Waals surface area contributed by atoms with Crippen molar-refractivity contribution < 1.29 is 18.9 Å². The van der Waals surface area contributed by atoms with E-state index < -0.39 is 5.60 Å². The van der Waals surface area contributed by atoms with Crippen LogP contribution in [-0.2, 0) is 9.47 Å². The van der Waals surface area contributed by atoms with Crippen LogP contribution in [0.15, 0.2) is 0 Å². The van der Waals surface area contributed by atoms with E-state index in [2.05, 4.69) is 5.01 Å². The van der Waals surface area contributed by atoms with Crippen molar-refractivity contribution in [2.24, 2.45) is 0 Å². The van der Waals surface area contributed by atoms with Crippen LogP contribution in [0.4, 0.5) is 4.79 Å². The highest BCUT2D eigenvalue weighted by molar-refractivity contribution is 5.61. The SMILES string of the molecule is CC(C)(C)OC(=O)[N+]12C[C@H]3COC[C@@H](C1)N32. The summed E-state index contributed by atoms with van der Waals surface area (Å²) < 4.78 is 11.4. The number of quaternary nitrogens is 1. The number of carbonyl (C=O) groups excluding carboxylic acids is 1. The Morgan fingerprint density at radius 2 is 1.88 bits per heavy atom. The molecule has 3 aliphatic heterocycles. The number of carbonyl (C=O) groups is 1. The molecule has 3 atom stereocenters. The summed E-state index contributed by atoms with van der Waals surface area (Å²) in [6.07, 6.45) is -0.0955. The van der Waals surface area contributed by atoms with Gasteiger partial charge in [-0.2, -0.15) is 4.79 Å². The highest BCUT2D eigenvalue weighted by Crippen LogP contribution is 2.44. The number of amides is 1. The van der Waals surface area contributed by atoms with Gasteiger partial charge >= 0.3 is 6.09 Å². The minimum absolute atomic E-state index is 0.0955. The summed E-state index contributed by atoms with van der Waals surface area (Å²) in [4.78, 5) is 12.1. The van der Waals surface area contributed by atoms with Gasteiger partial charge in [-0.3, -0.25) is 0 Å². The molecule has 3 rings (SSSR count). The first kappa shape index (κ1) is 10.5. The molecule has 0 spiro atoms. The third kappa shape index (κ3) is 1.25. The van der Waals surface area contributed by atoms with E-state index in [1.807, 2.05) is 20.8 Å². The molecule has 0 aromatic carbocycles. The molecule has 0 aromatic rings. The Hall–Kier alpha value is -0.650. The Kier molecular flexibility index (Phi) is 1.95. The smallest absolute Gasteiger partial charge is 0.413 e. The maximum atomic E-state index is 12.1. The van der Waals surface area contributed by atoms with E-state index in [1.165, 1.54) is 0 Å². The van der Waals surface area contributed by atoms with Crippen LogP contribution in [0.1, 0.15) is 20.8 Å². The first-order valence-corrected chi connectivity index (χ1v) is 5.90. The second-order valence-electron chi connectivity index (χ2n) is 5.99. The summed E-state index contributed by atoms with van der Waals surface area (Å²) in [7, 11) is 0. The van der Waals surface area contributed by atoms with Gasteiger partial charge in [-0.25, -0.2) is 0 Å². The summed E-state index contributed by atoms with van der Waals surface area (Å²) in [6.45, 7) is 8.97. The van der Waals surface area contributed by atoms with Crippen LogP contribution in [0, 0.1) is 0 Å². The minimum atomic E-state index is -0.396. The zero-order valence-electron chi connectivity index (χ0n) is 10.1. The van der Waals surface area contributed by atoms with Gasteiger partial charge in [0.05, 0.1) is 13.2 Å². The number of hydrogen-bond acceptors (Lipinski definition) is 4. The number of nitrogens with zero attached hydrogens (tertiary/aromatic N) is 2. The van der Waals surface area contributed by atoms with Gasteiger partial charge in [0.2, 0.25) is 0 Å². The monoisotopic (exact) mass is 227 g/mol. The lowest BCUT2D eigenvalue weighted by molar-refractivity contribution is -1.08.